The number of phenolic OH excluding ortho intramolecular Hbond substituents is 1. The summed E-state index contributed by atoms with van der Waals surface area (Å²) >= 11 is 3.13. The van der Waals surface area contributed by atoms with Gasteiger partial charge < -0.3 is 16.2 Å². The number of phenols is 1. The van der Waals surface area contributed by atoms with Crippen LogP contribution in [0.2, 0.25) is 0 Å². The molecule has 18 heavy (non-hydrogen) atoms. The molecular formula is C12H15BrN2O3. The van der Waals surface area contributed by atoms with Crippen molar-refractivity contribution in [1.82, 2.24) is 5.32 Å². The minimum Gasteiger partial charge on any atom is -0.507 e. The standard InChI is InChI=1S/C12H15BrN2O3/c1-12(2,6-10(14)17)15-11(18)7-3-4-8(13)9(16)5-7/h3-5,16H,6H2,1-2H3,(H2,14,17)(H,15,18). The summed E-state index contributed by atoms with van der Waals surface area (Å²) in [5, 5.41) is 12.2. The zero-order valence-electron chi connectivity index (χ0n) is 10.2. The molecule has 0 heterocycles. The molecule has 0 aliphatic carbocycles. The van der Waals surface area contributed by atoms with Crippen molar-refractivity contribution in [3.63, 3.8) is 0 Å². The molecule has 5 nitrogen and oxygen atoms in total. The van der Waals surface area contributed by atoms with Gasteiger partial charge in [0, 0.05) is 17.5 Å². The first-order valence-electron chi connectivity index (χ1n) is 5.30. The molecule has 1 rings (SSSR count). The summed E-state index contributed by atoms with van der Waals surface area (Å²) in [6.45, 7) is 3.41. The molecule has 6 heteroatoms. The van der Waals surface area contributed by atoms with E-state index in [0.29, 0.717) is 10.0 Å². The van der Waals surface area contributed by atoms with Crippen molar-refractivity contribution >= 4 is 27.7 Å². The number of benzene rings is 1. The van der Waals surface area contributed by atoms with Crippen LogP contribution in [0.3, 0.4) is 0 Å². The minimum atomic E-state index is -0.731. The van der Waals surface area contributed by atoms with E-state index in [1.165, 1.54) is 6.07 Å². The van der Waals surface area contributed by atoms with Gasteiger partial charge in [0.25, 0.3) is 5.91 Å². The molecule has 0 aromatic heterocycles. The third kappa shape index (κ3) is 4.03. The quantitative estimate of drug-likeness (QED) is 0.787. The fourth-order valence-electron chi connectivity index (χ4n) is 1.51. The van der Waals surface area contributed by atoms with Crippen molar-refractivity contribution in [2.75, 3.05) is 0 Å². The largest absolute Gasteiger partial charge is 0.507 e. The molecule has 2 amide bonds. The number of aromatic hydroxyl groups is 1. The van der Waals surface area contributed by atoms with Crippen LogP contribution < -0.4 is 11.1 Å². The van der Waals surface area contributed by atoms with Crippen LogP contribution in [0.15, 0.2) is 22.7 Å². The third-order valence-electron chi connectivity index (χ3n) is 2.28. The lowest BCUT2D eigenvalue weighted by Crippen LogP contribution is -2.46. The topological polar surface area (TPSA) is 92.4 Å². The molecule has 4 N–H and O–H groups in total. The summed E-state index contributed by atoms with van der Waals surface area (Å²) in [5.41, 5.74) is 4.68. The van der Waals surface area contributed by atoms with E-state index in [1.54, 1.807) is 26.0 Å². The Morgan fingerprint density at radius 2 is 2.06 bits per heavy atom. The first-order chi connectivity index (χ1) is 8.21. The van der Waals surface area contributed by atoms with Crippen molar-refractivity contribution in [3.8, 4) is 5.75 Å². The monoisotopic (exact) mass is 314 g/mol. The van der Waals surface area contributed by atoms with Crippen LogP contribution in [-0.2, 0) is 4.79 Å². The SMILES string of the molecule is CC(C)(CC(N)=O)NC(=O)c1ccc(Br)c(O)c1. The van der Waals surface area contributed by atoms with E-state index >= 15 is 0 Å². The van der Waals surface area contributed by atoms with E-state index in [9.17, 15) is 14.7 Å². The fraction of sp³-hybridized carbons (Fsp3) is 0.333. The second-order valence-electron chi connectivity index (χ2n) is 4.65. The Labute approximate surface area is 113 Å². The Balaban J connectivity index is 2.82. The van der Waals surface area contributed by atoms with E-state index in [-0.39, 0.29) is 18.1 Å². The minimum absolute atomic E-state index is 0.0182. The molecule has 0 aliphatic rings. The van der Waals surface area contributed by atoms with Gasteiger partial charge in [0.2, 0.25) is 5.91 Å². The van der Waals surface area contributed by atoms with E-state index in [0.717, 1.165) is 0 Å². The number of rotatable bonds is 4. The number of nitrogens with one attached hydrogen (secondary N) is 1. The molecule has 1 aromatic carbocycles. The highest BCUT2D eigenvalue weighted by molar-refractivity contribution is 9.10. The summed E-state index contributed by atoms with van der Waals surface area (Å²) in [5.74, 6) is -0.877. The van der Waals surface area contributed by atoms with Gasteiger partial charge in [0.1, 0.15) is 5.75 Å². The zero-order valence-corrected chi connectivity index (χ0v) is 11.7. The van der Waals surface area contributed by atoms with Gasteiger partial charge in [-0.25, -0.2) is 0 Å². The lowest BCUT2D eigenvalue weighted by atomic mass is 9.99. The molecule has 0 aliphatic heterocycles. The predicted molar refractivity (Wildman–Crippen MR) is 71.2 cm³/mol. The Bertz CT molecular complexity index is 486. The van der Waals surface area contributed by atoms with Crippen LogP contribution in [0.4, 0.5) is 0 Å². The highest BCUT2D eigenvalue weighted by Crippen LogP contribution is 2.24. The van der Waals surface area contributed by atoms with Crippen LogP contribution in [0, 0.1) is 0 Å². The average molecular weight is 315 g/mol. The highest BCUT2D eigenvalue weighted by atomic mass is 79.9. The molecule has 0 bridgehead atoms. The lowest BCUT2D eigenvalue weighted by molar-refractivity contribution is -0.119. The van der Waals surface area contributed by atoms with Crippen LogP contribution in [0.25, 0.3) is 0 Å². The van der Waals surface area contributed by atoms with Gasteiger partial charge in [-0.2, -0.15) is 0 Å². The first kappa shape index (κ1) is 14.5. The normalized spacial score (nSPS) is 11.1. The smallest absolute Gasteiger partial charge is 0.251 e. The van der Waals surface area contributed by atoms with E-state index in [2.05, 4.69) is 21.2 Å². The van der Waals surface area contributed by atoms with Crippen LogP contribution in [0.5, 0.6) is 5.75 Å². The number of halogens is 1. The van der Waals surface area contributed by atoms with Crippen molar-refractivity contribution in [3.05, 3.63) is 28.2 Å². The van der Waals surface area contributed by atoms with E-state index in [1.807, 2.05) is 0 Å². The first-order valence-corrected chi connectivity index (χ1v) is 6.10. The van der Waals surface area contributed by atoms with E-state index < -0.39 is 11.4 Å². The van der Waals surface area contributed by atoms with Gasteiger partial charge in [-0.15, -0.1) is 0 Å². The Morgan fingerprint density at radius 1 is 1.44 bits per heavy atom. The second kappa shape index (κ2) is 5.39. The lowest BCUT2D eigenvalue weighted by Gasteiger charge is -2.24. The maximum atomic E-state index is 11.9. The van der Waals surface area contributed by atoms with E-state index in [4.69, 9.17) is 5.73 Å². The van der Waals surface area contributed by atoms with Crippen molar-refractivity contribution < 1.29 is 14.7 Å². The number of nitrogens with two attached hydrogens (primary N) is 1. The van der Waals surface area contributed by atoms with Gasteiger partial charge in [0.15, 0.2) is 0 Å². The van der Waals surface area contributed by atoms with Gasteiger partial charge in [-0.3, -0.25) is 9.59 Å². The molecule has 0 radical (unpaired) electrons. The summed E-state index contributed by atoms with van der Waals surface area (Å²) in [6.07, 6.45) is 0.0429. The van der Waals surface area contributed by atoms with Gasteiger partial charge >= 0.3 is 0 Å². The molecular weight excluding hydrogens is 300 g/mol. The second-order valence-corrected chi connectivity index (χ2v) is 5.50. The molecule has 0 spiro atoms. The molecule has 0 unspecified atom stereocenters. The summed E-state index contributed by atoms with van der Waals surface area (Å²) < 4.78 is 0.510. The van der Waals surface area contributed by atoms with Crippen LogP contribution in [-0.4, -0.2) is 22.5 Å². The Morgan fingerprint density at radius 3 is 2.56 bits per heavy atom. The van der Waals surface area contributed by atoms with Crippen molar-refractivity contribution in [2.45, 2.75) is 25.8 Å². The summed E-state index contributed by atoms with van der Waals surface area (Å²) in [4.78, 5) is 22.8. The average Bonchev–Trinajstić information content (AvgIpc) is 2.19. The number of primary amides is 1. The maximum Gasteiger partial charge on any atom is 0.251 e. The van der Waals surface area contributed by atoms with Crippen LogP contribution >= 0.6 is 15.9 Å². The summed E-state index contributed by atoms with van der Waals surface area (Å²) in [7, 11) is 0. The molecule has 0 fully saturated rings. The number of carbonyl (C=O) groups is 2. The predicted octanol–water partition coefficient (Wildman–Crippen LogP) is 1.54. The Hall–Kier alpha value is -1.56. The maximum absolute atomic E-state index is 11.9. The van der Waals surface area contributed by atoms with Crippen molar-refractivity contribution in [2.24, 2.45) is 5.73 Å². The Kier molecular flexibility index (Phi) is 4.34. The summed E-state index contributed by atoms with van der Waals surface area (Å²) in [6, 6.07) is 4.49. The highest BCUT2D eigenvalue weighted by Gasteiger charge is 2.23. The van der Waals surface area contributed by atoms with Gasteiger partial charge in [-0.1, -0.05) is 0 Å². The zero-order chi connectivity index (χ0) is 13.9. The van der Waals surface area contributed by atoms with Gasteiger partial charge in [0.05, 0.1) is 4.47 Å². The number of hydrogen-bond donors (Lipinski definition) is 3. The van der Waals surface area contributed by atoms with Crippen LogP contribution in [0.1, 0.15) is 30.6 Å². The molecule has 0 saturated heterocycles. The van der Waals surface area contributed by atoms with Crippen molar-refractivity contribution in [1.29, 1.82) is 0 Å². The fourth-order valence-corrected chi connectivity index (χ4v) is 1.76. The number of hydrogen-bond acceptors (Lipinski definition) is 3. The molecule has 0 saturated carbocycles. The third-order valence-corrected chi connectivity index (χ3v) is 2.95. The molecule has 98 valence electrons. The number of carbonyl (C=O) groups excluding carboxylic acids is 2. The number of amides is 2. The molecule has 1 aromatic rings. The van der Waals surface area contributed by atoms with Gasteiger partial charge in [-0.05, 0) is 48.0 Å². The molecule has 0 atom stereocenters.